The van der Waals surface area contributed by atoms with Crippen LogP contribution in [-0.2, 0) is 9.53 Å². The van der Waals surface area contributed by atoms with Gasteiger partial charge in [0.1, 0.15) is 0 Å². The molecule has 0 amide bonds. The van der Waals surface area contributed by atoms with Crippen molar-refractivity contribution in [2.24, 2.45) is 0 Å². The van der Waals surface area contributed by atoms with Crippen molar-refractivity contribution < 1.29 is 9.53 Å². The number of hydrogen-bond donors (Lipinski definition) is 0. The molecule has 0 aromatic heterocycles. The van der Waals surface area contributed by atoms with Gasteiger partial charge in [-0.3, -0.25) is 4.79 Å². The Morgan fingerprint density at radius 3 is 3.21 bits per heavy atom. The van der Waals surface area contributed by atoms with E-state index in [-0.39, 0.29) is 5.78 Å². The van der Waals surface area contributed by atoms with Gasteiger partial charge in [-0.15, -0.1) is 0 Å². The molecule has 2 heteroatoms. The summed E-state index contributed by atoms with van der Waals surface area (Å²) in [5.41, 5.74) is 0. The zero-order valence-electron chi connectivity index (χ0n) is 8.79. The first-order valence-corrected chi connectivity index (χ1v) is 5.38. The molecule has 0 aromatic rings. The molecule has 1 heterocycles. The number of ketones is 1. The molecule has 0 aliphatic carbocycles. The second-order valence-electron chi connectivity index (χ2n) is 3.47. The third-order valence-electron chi connectivity index (χ3n) is 2.15. The molecule has 0 spiro atoms. The molecule has 0 aromatic carbocycles. The monoisotopic (exact) mass is 194 g/mol. The Hall–Kier alpha value is -1.05. The first kappa shape index (κ1) is 11.0. The molecular weight excluding hydrogens is 176 g/mol. The van der Waals surface area contributed by atoms with Gasteiger partial charge in [-0.2, -0.15) is 0 Å². The van der Waals surface area contributed by atoms with Crippen molar-refractivity contribution in [1.29, 1.82) is 0 Å². The van der Waals surface area contributed by atoms with Gasteiger partial charge in [0.25, 0.3) is 0 Å². The van der Waals surface area contributed by atoms with Crippen molar-refractivity contribution in [3.63, 3.8) is 0 Å². The molecule has 2 nitrogen and oxygen atoms in total. The van der Waals surface area contributed by atoms with Crippen molar-refractivity contribution in [2.75, 3.05) is 6.61 Å². The average Bonchev–Trinajstić information content (AvgIpc) is 2.46. The van der Waals surface area contributed by atoms with Crippen LogP contribution in [0, 0.1) is 0 Å². The molecule has 0 N–H and O–H groups in total. The minimum atomic E-state index is 0.0142. The van der Waals surface area contributed by atoms with Gasteiger partial charge in [0, 0.05) is 0 Å². The molecule has 0 radical (unpaired) electrons. The van der Waals surface area contributed by atoms with E-state index in [1.165, 1.54) is 0 Å². The highest BCUT2D eigenvalue weighted by Gasteiger charge is 2.09. The number of ether oxygens (including phenoxy) is 1. The zero-order valence-corrected chi connectivity index (χ0v) is 8.79. The second kappa shape index (κ2) is 6.41. The van der Waals surface area contributed by atoms with Crippen molar-refractivity contribution in [3.05, 3.63) is 24.0 Å². The Morgan fingerprint density at radius 2 is 2.43 bits per heavy atom. The molecule has 0 fully saturated rings. The van der Waals surface area contributed by atoms with Crippen LogP contribution < -0.4 is 0 Å². The highest BCUT2D eigenvalue weighted by molar-refractivity contribution is 6.02. The number of unbranched alkanes of at least 4 members (excludes halogenated alkanes) is 1. The predicted octanol–water partition coefficient (Wildman–Crippen LogP) is 3.00. The number of carbonyl (C=O) groups is 1. The van der Waals surface area contributed by atoms with Crippen LogP contribution in [0.3, 0.4) is 0 Å². The van der Waals surface area contributed by atoms with Crippen molar-refractivity contribution >= 4 is 5.78 Å². The van der Waals surface area contributed by atoms with Crippen molar-refractivity contribution in [3.8, 4) is 0 Å². The summed E-state index contributed by atoms with van der Waals surface area (Å²) >= 11 is 0. The number of carbonyl (C=O) groups excluding carboxylic acids is 1. The Morgan fingerprint density at radius 1 is 1.57 bits per heavy atom. The van der Waals surface area contributed by atoms with Crippen LogP contribution in [-0.4, -0.2) is 12.4 Å². The predicted molar refractivity (Wildman–Crippen MR) is 56.9 cm³/mol. The van der Waals surface area contributed by atoms with Crippen LogP contribution >= 0.6 is 0 Å². The smallest absolute Gasteiger partial charge is 0.219 e. The molecule has 14 heavy (non-hydrogen) atoms. The second-order valence-corrected chi connectivity index (χ2v) is 3.47. The summed E-state index contributed by atoms with van der Waals surface area (Å²) in [7, 11) is 0. The largest absolute Gasteiger partial charge is 0.490 e. The molecule has 78 valence electrons. The van der Waals surface area contributed by atoms with E-state index in [9.17, 15) is 4.79 Å². The Kier molecular flexibility index (Phi) is 5.05. The summed E-state index contributed by atoms with van der Waals surface area (Å²) < 4.78 is 5.36. The SMILES string of the molecule is CCC/C=C/C(=O)C1=CCCCCO1. The minimum Gasteiger partial charge on any atom is -0.490 e. The van der Waals surface area contributed by atoms with Gasteiger partial charge in [0.05, 0.1) is 6.61 Å². The lowest BCUT2D eigenvalue weighted by Crippen LogP contribution is -2.02. The summed E-state index contributed by atoms with van der Waals surface area (Å²) in [5.74, 6) is 0.551. The Bertz CT molecular complexity index is 239. The summed E-state index contributed by atoms with van der Waals surface area (Å²) in [6, 6.07) is 0. The highest BCUT2D eigenvalue weighted by atomic mass is 16.5. The minimum absolute atomic E-state index is 0.0142. The summed E-state index contributed by atoms with van der Waals surface area (Å²) in [4.78, 5) is 11.5. The van der Waals surface area contributed by atoms with Crippen molar-refractivity contribution in [1.82, 2.24) is 0 Å². The van der Waals surface area contributed by atoms with E-state index < -0.39 is 0 Å². The van der Waals surface area contributed by atoms with Crippen LogP contribution in [0.25, 0.3) is 0 Å². The maximum atomic E-state index is 11.5. The van der Waals surface area contributed by atoms with Crippen LogP contribution in [0.2, 0.25) is 0 Å². The van der Waals surface area contributed by atoms with E-state index in [0.29, 0.717) is 12.4 Å². The van der Waals surface area contributed by atoms with Gasteiger partial charge >= 0.3 is 0 Å². The molecule has 0 saturated heterocycles. The molecule has 1 aliphatic rings. The van der Waals surface area contributed by atoms with Gasteiger partial charge in [0.2, 0.25) is 5.78 Å². The fraction of sp³-hybridized carbons (Fsp3) is 0.583. The summed E-state index contributed by atoms with van der Waals surface area (Å²) in [6.07, 6.45) is 10.6. The van der Waals surface area contributed by atoms with Gasteiger partial charge < -0.3 is 4.74 Å². The topological polar surface area (TPSA) is 26.3 Å². The number of hydrogen-bond acceptors (Lipinski definition) is 2. The number of rotatable bonds is 4. The third-order valence-corrected chi connectivity index (χ3v) is 2.15. The van der Waals surface area contributed by atoms with E-state index in [4.69, 9.17) is 4.74 Å². The van der Waals surface area contributed by atoms with Crippen LogP contribution in [0.4, 0.5) is 0 Å². The normalized spacial score (nSPS) is 17.4. The first-order chi connectivity index (χ1) is 6.84. The van der Waals surface area contributed by atoms with E-state index >= 15 is 0 Å². The van der Waals surface area contributed by atoms with Gasteiger partial charge in [0.15, 0.2) is 5.76 Å². The lowest BCUT2D eigenvalue weighted by molar-refractivity contribution is -0.114. The van der Waals surface area contributed by atoms with Crippen molar-refractivity contribution in [2.45, 2.75) is 39.0 Å². The average molecular weight is 194 g/mol. The first-order valence-electron chi connectivity index (χ1n) is 5.38. The lowest BCUT2D eigenvalue weighted by Gasteiger charge is -2.03. The molecular formula is C12H18O2. The fourth-order valence-electron chi connectivity index (χ4n) is 1.33. The fourth-order valence-corrected chi connectivity index (χ4v) is 1.33. The molecule has 0 bridgehead atoms. The molecule has 1 rings (SSSR count). The summed E-state index contributed by atoms with van der Waals surface area (Å²) in [5, 5.41) is 0. The lowest BCUT2D eigenvalue weighted by atomic mass is 10.2. The molecule has 0 saturated carbocycles. The van der Waals surface area contributed by atoms with Crippen LogP contribution in [0.5, 0.6) is 0 Å². The van der Waals surface area contributed by atoms with Crippen LogP contribution in [0.1, 0.15) is 39.0 Å². The molecule has 0 unspecified atom stereocenters. The third kappa shape index (κ3) is 3.77. The molecule has 0 atom stereocenters. The molecule has 1 aliphatic heterocycles. The van der Waals surface area contributed by atoms with Crippen LogP contribution in [0.15, 0.2) is 24.0 Å². The maximum Gasteiger partial charge on any atom is 0.219 e. The van der Waals surface area contributed by atoms with Gasteiger partial charge in [-0.25, -0.2) is 0 Å². The quantitative estimate of drug-likeness (QED) is 0.643. The number of allylic oxidation sites excluding steroid dienone is 3. The van der Waals surface area contributed by atoms with E-state index in [2.05, 4.69) is 6.92 Å². The van der Waals surface area contributed by atoms with E-state index in [0.717, 1.165) is 32.1 Å². The van der Waals surface area contributed by atoms with Gasteiger partial charge in [-0.1, -0.05) is 19.4 Å². The van der Waals surface area contributed by atoms with E-state index in [1.54, 1.807) is 6.08 Å². The Balaban J connectivity index is 2.45. The highest BCUT2D eigenvalue weighted by Crippen LogP contribution is 2.11. The zero-order chi connectivity index (χ0) is 10.2. The maximum absolute atomic E-state index is 11.5. The standard InChI is InChI=1S/C12H18O2/c1-2-3-5-8-11(13)12-9-6-4-7-10-14-12/h5,8-9H,2-4,6-7,10H2,1H3/b8-5+. The summed E-state index contributed by atoms with van der Waals surface area (Å²) in [6.45, 7) is 2.77. The van der Waals surface area contributed by atoms with E-state index in [1.807, 2.05) is 12.2 Å². The Labute approximate surface area is 85.6 Å². The van der Waals surface area contributed by atoms with Gasteiger partial charge in [-0.05, 0) is 37.8 Å².